The summed E-state index contributed by atoms with van der Waals surface area (Å²) in [4.78, 5) is 1.24. The van der Waals surface area contributed by atoms with Crippen LogP contribution in [-0.4, -0.2) is 38.0 Å². The molecule has 1 fully saturated rings. The van der Waals surface area contributed by atoms with E-state index in [2.05, 4.69) is 39.6 Å². The number of ether oxygens (including phenoxy) is 1. The highest BCUT2D eigenvalue weighted by Gasteiger charge is 2.46. The van der Waals surface area contributed by atoms with Gasteiger partial charge in [0.2, 0.25) is 0 Å². The van der Waals surface area contributed by atoms with E-state index in [1.807, 2.05) is 24.3 Å². The van der Waals surface area contributed by atoms with Crippen LogP contribution in [0.15, 0.2) is 59.3 Å². The topological polar surface area (TPSA) is 91.6 Å². The highest BCUT2D eigenvalue weighted by atomic mass is 35.5. The Hall–Kier alpha value is -1.74. The van der Waals surface area contributed by atoms with Crippen molar-refractivity contribution in [2.45, 2.75) is 16.9 Å². The van der Waals surface area contributed by atoms with Gasteiger partial charge in [-0.1, -0.05) is 29.8 Å². The lowest BCUT2D eigenvalue weighted by molar-refractivity contribution is -0.108. The number of hydrogen-bond acceptors (Lipinski definition) is 7. The van der Waals surface area contributed by atoms with Crippen molar-refractivity contribution in [2.24, 2.45) is 17.1 Å². The molecule has 6 N–H and O–H groups in total. The van der Waals surface area contributed by atoms with Crippen LogP contribution in [0.5, 0.6) is 0 Å². The Bertz CT molecular complexity index is 1010. The van der Waals surface area contributed by atoms with Crippen molar-refractivity contribution in [3.05, 3.63) is 70.6 Å². The molecule has 0 bridgehead atoms. The molecule has 0 spiro atoms. The van der Waals surface area contributed by atoms with Crippen LogP contribution in [0.3, 0.4) is 0 Å². The van der Waals surface area contributed by atoms with Crippen molar-refractivity contribution >= 4 is 29.2 Å². The summed E-state index contributed by atoms with van der Waals surface area (Å²) in [6.07, 6.45) is 2.76. The van der Waals surface area contributed by atoms with E-state index in [-0.39, 0.29) is 17.2 Å². The zero-order chi connectivity index (χ0) is 21.5. The first kappa shape index (κ1) is 21.1. The number of anilines is 1. The van der Waals surface area contributed by atoms with E-state index in [0.717, 1.165) is 24.2 Å². The first-order valence-corrected chi connectivity index (χ1v) is 11.7. The summed E-state index contributed by atoms with van der Waals surface area (Å²) in [7, 11) is 0. The molecule has 3 heterocycles. The molecule has 2 aromatic rings. The first-order chi connectivity index (χ1) is 15.0. The highest BCUT2D eigenvalue weighted by molar-refractivity contribution is 7.97. The quantitative estimate of drug-likeness (QED) is 0.438. The molecule has 31 heavy (non-hydrogen) atoms. The van der Waals surface area contributed by atoms with Gasteiger partial charge in [-0.25, -0.2) is 0 Å². The maximum Gasteiger partial charge on any atom is 0.186 e. The van der Waals surface area contributed by atoms with Gasteiger partial charge < -0.3 is 26.2 Å². The van der Waals surface area contributed by atoms with E-state index >= 15 is 0 Å². The average Bonchev–Trinajstić information content (AvgIpc) is 2.96. The number of nitrogens with one attached hydrogen (secondary N) is 3. The maximum absolute atomic E-state index is 10.7. The van der Waals surface area contributed by atoms with Gasteiger partial charge in [-0.05, 0) is 48.2 Å². The number of hydrogen-bond donors (Lipinski definition) is 5. The van der Waals surface area contributed by atoms with Gasteiger partial charge in [-0.2, -0.15) is 0 Å². The summed E-state index contributed by atoms with van der Waals surface area (Å²) in [5.41, 5.74) is 8.56. The van der Waals surface area contributed by atoms with Crippen LogP contribution >= 0.6 is 23.5 Å². The lowest BCUT2D eigenvalue weighted by Crippen LogP contribution is -2.60. The molecule has 0 saturated carbocycles. The first-order valence-electron chi connectivity index (χ1n) is 10.5. The van der Waals surface area contributed by atoms with Crippen LogP contribution in [0.2, 0.25) is 5.02 Å². The van der Waals surface area contributed by atoms with Crippen molar-refractivity contribution in [3.8, 4) is 0 Å². The molecule has 0 aliphatic carbocycles. The second-order valence-corrected chi connectivity index (χ2v) is 10.1. The molecule has 0 radical (unpaired) electrons. The summed E-state index contributed by atoms with van der Waals surface area (Å²) >= 11 is 8.11. The smallest absolute Gasteiger partial charge is 0.186 e. The molecule has 3 aliphatic heterocycles. The molecule has 2 atom stereocenters. The van der Waals surface area contributed by atoms with E-state index < -0.39 is 5.54 Å². The molecule has 0 aromatic heterocycles. The van der Waals surface area contributed by atoms with Gasteiger partial charge in [0.1, 0.15) is 0 Å². The van der Waals surface area contributed by atoms with Gasteiger partial charge in [0, 0.05) is 58.2 Å². The predicted octanol–water partition coefficient (Wildman–Crippen LogP) is 3.39. The third-order valence-electron chi connectivity index (χ3n) is 6.65. The largest absolute Gasteiger partial charge is 0.495 e. The number of benzene rings is 2. The second-order valence-electron chi connectivity index (χ2n) is 8.72. The van der Waals surface area contributed by atoms with Crippen molar-refractivity contribution < 1.29 is 9.84 Å². The normalized spacial score (nSPS) is 26.5. The Morgan fingerprint density at radius 3 is 2.87 bits per heavy atom. The van der Waals surface area contributed by atoms with Crippen LogP contribution in [0.4, 0.5) is 5.69 Å². The molecule has 8 heteroatoms. The Morgan fingerprint density at radius 1 is 1.26 bits per heavy atom. The van der Waals surface area contributed by atoms with E-state index in [1.54, 1.807) is 11.9 Å². The predicted molar refractivity (Wildman–Crippen MR) is 125 cm³/mol. The minimum absolute atomic E-state index is 0.0924. The van der Waals surface area contributed by atoms with E-state index in [1.165, 1.54) is 10.5 Å². The van der Waals surface area contributed by atoms with Crippen LogP contribution in [0.25, 0.3) is 0 Å². The van der Waals surface area contributed by atoms with E-state index in [0.29, 0.717) is 31.3 Å². The average molecular weight is 459 g/mol. The summed E-state index contributed by atoms with van der Waals surface area (Å²) < 4.78 is 9.03. The lowest BCUT2D eigenvalue weighted by atomic mass is 9.72. The van der Waals surface area contributed by atoms with Crippen LogP contribution in [0, 0.1) is 11.3 Å². The molecular formula is C23H27ClN4O2S. The van der Waals surface area contributed by atoms with Crippen LogP contribution < -0.4 is 21.1 Å². The minimum Gasteiger partial charge on any atom is -0.495 e. The number of halogens is 1. The monoisotopic (exact) mass is 458 g/mol. The third-order valence-corrected chi connectivity index (χ3v) is 7.82. The van der Waals surface area contributed by atoms with Gasteiger partial charge >= 0.3 is 0 Å². The Morgan fingerprint density at radius 2 is 2.10 bits per heavy atom. The fourth-order valence-corrected chi connectivity index (χ4v) is 5.77. The van der Waals surface area contributed by atoms with E-state index in [9.17, 15) is 5.11 Å². The van der Waals surface area contributed by atoms with Crippen molar-refractivity contribution in [2.75, 3.05) is 38.2 Å². The Kier molecular flexibility index (Phi) is 5.66. The lowest BCUT2D eigenvalue weighted by Gasteiger charge is -2.47. The van der Waals surface area contributed by atoms with Gasteiger partial charge in [0.25, 0.3) is 0 Å². The molecule has 164 valence electrons. The Balaban J connectivity index is 1.60. The Labute approximate surface area is 191 Å². The fourth-order valence-electron chi connectivity index (χ4n) is 4.73. The van der Waals surface area contributed by atoms with E-state index in [4.69, 9.17) is 22.1 Å². The molecule has 3 aliphatic rings. The molecule has 5 rings (SSSR count). The molecule has 6 nitrogen and oxygen atoms in total. The summed E-state index contributed by atoms with van der Waals surface area (Å²) in [6, 6.07) is 14.2. The highest BCUT2D eigenvalue weighted by Crippen LogP contribution is 2.45. The van der Waals surface area contributed by atoms with Gasteiger partial charge in [-0.15, -0.1) is 0 Å². The number of aliphatic hydroxyl groups is 1. The second kappa shape index (κ2) is 8.31. The SMILES string of the molecule is NCC1(CNC2(C3CNSc4ccccc4C3)C=C(O)Nc3ccc(Cl)cc32)COC1. The molecule has 2 unspecified atom stereocenters. The molecule has 2 aromatic carbocycles. The van der Waals surface area contributed by atoms with Crippen LogP contribution in [0.1, 0.15) is 11.1 Å². The number of nitrogens with two attached hydrogens (primary N) is 1. The summed E-state index contributed by atoms with van der Waals surface area (Å²) in [5, 5.41) is 18.3. The zero-order valence-electron chi connectivity index (χ0n) is 17.2. The number of rotatable bonds is 5. The maximum atomic E-state index is 10.7. The van der Waals surface area contributed by atoms with Crippen molar-refractivity contribution in [1.82, 2.24) is 10.0 Å². The van der Waals surface area contributed by atoms with Gasteiger partial charge in [0.05, 0.1) is 18.8 Å². The fraction of sp³-hybridized carbons (Fsp3) is 0.391. The molecule has 1 saturated heterocycles. The molecular weight excluding hydrogens is 432 g/mol. The minimum atomic E-state index is -0.627. The third kappa shape index (κ3) is 3.84. The van der Waals surface area contributed by atoms with Gasteiger partial charge in [0.15, 0.2) is 5.88 Å². The van der Waals surface area contributed by atoms with Crippen LogP contribution in [-0.2, 0) is 16.7 Å². The van der Waals surface area contributed by atoms with Gasteiger partial charge in [-0.3, -0.25) is 4.72 Å². The summed E-state index contributed by atoms with van der Waals surface area (Å²) in [6.45, 7) is 3.28. The van der Waals surface area contributed by atoms with Crippen molar-refractivity contribution in [3.63, 3.8) is 0 Å². The standard InChI is InChI=1S/C23H27ClN4O2S/c24-17-5-6-19-18(8-17)23(9-21(29)28-19,26-12-22(11-25)13-30-14-22)16-7-15-3-1-2-4-20(15)31-27-10-16/h1-6,8-9,16,26-29H,7,10-14,25H2. The molecule has 0 amide bonds. The number of aliphatic hydroxyl groups excluding tert-OH is 1. The summed E-state index contributed by atoms with van der Waals surface area (Å²) in [5.74, 6) is 0.264. The number of fused-ring (bicyclic) bond motifs is 2. The zero-order valence-corrected chi connectivity index (χ0v) is 18.7. The van der Waals surface area contributed by atoms with Crippen molar-refractivity contribution in [1.29, 1.82) is 0 Å².